The van der Waals surface area contributed by atoms with Gasteiger partial charge in [0.25, 0.3) is 5.91 Å². The van der Waals surface area contributed by atoms with Gasteiger partial charge >= 0.3 is 0 Å². The van der Waals surface area contributed by atoms with Crippen LogP contribution in [0.25, 0.3) is 11.3 Å². The highest BCUT2D eigenvalue weighted by atomic mass is 19.1. The van der Waals surface area contributed by atoms with Crippen molar-refractivity contribution in [3.05, 3.63) is 59.6 Å². The highest BCUT2D eigenvalue weighted by Crippen LogP contribution is 2.28. The summed E-state index contributed by atoms with van der Waals surface area (Å²) in [5.41, 5.74) is 1.14. The fourth-order valence-electron chi connectivity index (χ4n) is 3.23. The Morgan fingerprint density at radius 3 is 2.93 bits per heavy atom. The molecule has 3 aromatic rings. The molecule has 9 heteroatoms. The summed E-state index contributed by atoms with van der Waals surface area (Å²) in [5.74, 6) is -1.95. The van der Waals surface area contributed by atoms with Crippen LogP contribution in [0.1, 0.15) is 35.1 Å². The minimum atomic E-state index is -0.774. The Morgan fingerprint density at radius 2 is 2.18 bits per heavy atom. The highest BCUT2D eigenvalue weighted by Gasteiger charge is 2.27. The second-order valence-corrected chi connectivity index (χ2v) is 6.70. The predicted octanol–water partition coefficient (Wildman–Crippen LogP) is 3.00. The Balaban J connectivity index is 1.43. The lowest BCUT2D eigenvalue weighted by atomic mass is 9.99. The summed E-state index contributed by atoms with van der Waals surface area (Å²) in [4.78, 5) is 12.5. The van der Waals surface area contributed by atoms with Crippen LogP contribution in [0.4, 0.5) is 8.78 Å². The van der Waals surface area contributed by atoms with E-state index in [0.717, 1.165) is 17.7 Å². The molecule has 1 fully saturated rings. The molecule has 0 spiro atoms. The molecule has 0 bridgehead atoms. The van der Waals surface area contributed by atoms with Crippen molar-refractivity contribution < 1.29 is 22.8 Å². The summed E-state index contributed by atoms with van der Waals surface area (Å²) < 4.78 is 39.5. The van der Waals surface area contributed by atoms with Gasteiger partial charge in [-0.15, -0.1) is 0 Å². The van der Waals surface area contributed by atoms with E-state index in [4.69, 9.17) is 9.26 Å². The van der Waals surface area contributed by atoms with Crippen LogP contribution in [0.15, 0.2) is 41.2 Å². The number of amides is 1. The van der Waals surface area contributed by atoms with Gasteiger partial charge < -0.3 is 14.6 Å². The number of aromatic nitrogens is 3. The molecule has 7 nitrogen and oxygen atoms in total. The summed E-state index contributed by atoms with van der Waals surface area (Å²) in [6, 6.07) is 4.35. The van der Waals surface area contributed by atoms with Crippen molar-refractivity contribution in [1.82, 2.24) is 20.3 Å². The minimum Gasteiger partial charge on any atom is -0.373 e. The standard InChI is InChI=1S/C19H18F2N4O3/c1-25-10-11(9-22-25)17-7-13(4-5-27-17)23-19(26)18-8-16(24-28-18)14-3-2-12(20)6-15(14)21/h2-3,6,8-10,13,17H,4-5,7H2,1H3,(H,23,26). The van der Waals surface area contributed by atoms with E-state index in [1.165, 1.54) is 12.1 Å². The van der Waals surface area contributed by atoms with Crippen LogP contribution in [0.2, 0.25) is 0 Å². The number of hydrogen-bond acceptors (Lipinski definition) is 5. The molecule has 1 amide bonds. The maximum Gasteiger partial charge on any atom is 0.290 e. The molecule has 2 unspecified atom stereocenters. The first kappa shape index (κ1) is 18.3. The summed E-state index contributed by atoms with van der Waals surface area (Å²) in [6.07, 6.45) is 4.75. The number of aryl methyl sites for hydroxylation is 1. The maximum atomic E-state index is 13.9. The Bertz CT molecular complexity index is 1000. The molecule has 0 aliphatic carbocycles. The lowest BCUT2D eigenvalue weighted by molar-refractivity contribution is 0.000629. The molecule has 28 heavy (non-hydrogen) atoms. The topological polar surface area (TPSA) is 82.2 Å². The molecule has 0 radical (unpaired) electrons. The molecular weight excluding hydrogens is 370 g/mol. The van der Waals surface area contributed by atoms with Crippen molar-refractivity contribution in [2.24, 2.45) is 7.05 Å². The van der Waals surface area contributed by atoms with Crippen LogP contribution in [0, 0.1) is 11.6 Å². The van der Waals surface area contributed by atoms with Crippen molar-refractivity contribution in [2.45, 2.75) is 25.0 Å². The fourth-order valence-corrected chi connectivity index (χ4v) is 3.23. The molecule has 146 valence electrons. The SMILES string of the molecule is Cn1cc(C2CC(NC(=O)c3cc(-c4ccc(F)cc4F)no3)CCO2)cn1. The summed E-state index contributed by atoms with van der Waals surface area (Å²) in [7, 11) is 1.83. The summed E-state index contributed by atoms with van der Waals surface area (Å²) >= 11 is 0. The molecule has 1 saturated heterocycles. The molecule has 2 aromatic heterocycles. The van der Waals surface area contributed by atoms with Crippen LogP contribution in [-0.4, -0.2) is 33.5 Å². The van der Waals surface area contributed by atoms with Crippen LogP contribution in [0.3, 0.4) is 0 Å². The number of nitrogens with one attached hydrogen (secondary N) is 1. The highest BCUT2D eigenvalue weighted by molar-refractivity contribution is 5.92. The van der Waals surface area contributed by atoms with Gasteiger partial charge in [-0.3, -0.25) is 9.48 Å². The van der Waals surface area contributed by atoms with Gasteiger partial charge in [0, 0.05) is 49.2 Å². The maximum absolute atomic E-state index is 13.9. The van der Waals surface area contributed by atoms with Crippen molar-refractivity contribution in [1.29, 1.82) is 0 Å². The molecule has 3 heterocycles. The number of rotatable bonds is 4. The first-order chi connectivity index (χ1) is 13.5. The van der Waals surface area contributed by atoms with Gasteiger partial charge in [0.05, 0.1) is 12.3 Å². The van der Waals surface area contributed by atoms with Gasteiger partial charge in [-0.2, -0.15) is 5.10 Å². The zero-order valence-corrected chi connectivity index (χ0v) is 15.1. The van der Waals surface area contributed by atoms with Gasteiger partial charge in [-0.1, -0.05) is 5.16 Å². The normalized spacial score (nSPS) is 19.5. The molecule has 2 atom stereocenters. The molecule has 1 aliphatic rings. The number of carbonyl (C=O) groups is 1. The molecular formula is C19H18F2N4O3. The molecule has 0 saturated carbocycles. The lowest BCUT2D eigenvalue weighted by Gasteiger charge is -2.29. The minimum absolute atomic E-state index is 0.0388. The second-order valence-electron chi connectivity index (χ2n) is 6.70. The van der Waals surface area contributed by atoms with Crippen molar-refractivity contribution >= 4 is 5.91 Å². The molecule has 1 aliphatic heterocycles. The first-order valence-corrected chi connectivity index (χ1v) is 8.83. The van der Waals surface area contributed by atoms with E-state index in [2.05, 4.69) is 15.6 Å². The van der Waals surface area contributed by atoms with E-state index < -0.39 is 17.5 Å². The van der Waals surface area contributed by atoms with Crippen LogP contribution in [-0.2, 0) is 11.8 Å². The first-order valence-electron chi connectivity index (χ1n) is 8.83. The summed E-state index contributed by atoms with van der Waals surface area (Å²) in [5, 5.41) is 10.8. The Morgan fingerprint density at radius 1 is 1.32 bits per heavy atom. The Kier molecular flexibility index (Phi) is 4.91. The van der Waals surface area contributed by atoms with Gasteiger partial charge in [0.2, 0.25) is 5.76 Å². The van der Waals surface area contributed by atoms with Crippen molar-refractivity contribution in [3.63, 3.8) is 0 Å². The number of hydrogen-bond donors (Lipinski definition) is 1. The van der Waals surface area contributed by atoms with Gasteiger partial charge in [-0.25, -0.2) is 8.78 Å². The predicted molar refractivity (Wildman–Crippen MR) is 94.2 cm³/mol. The number of nitrogens with zero attached hydrogens (tertiary/aromatic N) is 3. The van der Waals surface area contributed by atoms with E-state index in [9.17, 15) is 13.6 Å². The van der Waals surface area contributed by atoms with E-state index >= 15 is 0 Å². The summed E-state index contributed by atoms with van der Waals surface area (Å²) in [6.45, 7) is 0.507. The van der Waals surface area contributed by atoms with Crippen LogP contribution >= 0.6 is 0 Å². The molecule has 1 N–H and O–H groups in total. The Labute approximate surface area is 159 Å². The number of ether oxygens (including phenoxy) is 1. The quantitative estimate of drug-likeness (QED) is 0.743. The third-order valence-corrected chi connectivity index (χ3v) is 4.66. The average molecular weight is 388 g/mol. The van der Waals surface area contributed by atoms with Gasteiger partial charge in [-0.05, 0) is 25.0 Å². The van der Waals surface area contributed by atoms with E-state index in [1.54, 1.807) is 10.9 Å². The zero-order chi connectivity index (χ0) is 19.7. The largest absolute Gasteiger partial charge is 0.373 e. The van der Waals surface area contributed by atoms with Gasteiger partial charge in [0.1, 0.15) is 17.3 Å². The van der Waals surface area contributed by atoms with Crippen molar-refractivity contribution in [3.8, 4) is 11.3 Å². The zero-order valence-electron chi connectivity index (χ0n) is 15.1. The Hall–Kier alpha value is -3.07. The lowest BCUT2D eigenvalue weighted by Crippen LogP contribution is -2.39. The second kappa shape index (κ2) is 7.51. The average Bonchev–Trinajstić information content (AvgIpc) is 3.31. The smallest absolute Gasteiger partial charge is 0.290 e. The van der Waals surface area contributed by atoms with Crippen molar-refractivity contribution in [2.75, 3.05) is 6.61 Å². The third-order valence-electron chi connectivity index (χ3n) is 4.66. The molecule has 4 rings (SSSR count). The van der Waals surface area contributed by atoms with E-state index in [0.29, 0.717) is 19.4 Å². The third kappa shape index (κ3) is 3.79. The monoisotopic (exact) mass is 388 g/mol. The number of halogens is 2. The van der Waals surface area contributed by atoms with Crippen LogP contribution < -0.4 is 5.32 Å². The molecule has 1 aromatic carbocycles. The van der Waals surface area contributed by atoms with Gasteiger partial charge in [0.15, 0.2) is 0 Å². The fraction of sp³-hybridized carbons (Fsp3) is 0.316. The number of carbonyl (C=O) groups excluding carboxylic acids is 1. The van der Waals surface area contributed by atoms with E-state index in [-0.39, 0.29) is 29.2 Å². The van der Waals surface area contributed by atoms with E-state index in [1.807, 2.05) is 13.2 Å². The van der Waals surface area contributed by atoms with Crippen LogP contribution in [0.5, 0.6) is 0 Å². The number of benzene rings is 1.